The summed E-state index contributed by atoms with van der Waals surface area (Å²) in [4.78, 5) is 26.0. The van der Waals surface area contributed by atoms with Gasteiger partial charge < -0.3 is 18.9 Å². The molecule has 0 aliphatic carbocycles. The molecule has 0 aliphatic rings. The quantitative estimate of drug-likeness (QED) is 0.0848. The van der Waals surface area contributed by atoms with Crippen LogP contribution < -0.4 is 9.47 Å². The number of aryl methyl sites for hydroxylation is 2. The zero-order chi connectivity index (χ0) is 33.0. The van der Waals surface area contributed by atoms with Gasteiger partial charge in [0.2, 0.25) is 0 Å². The highest BCUT2D eigenvalue weighted by molar-refractivity contribution is 6.11. The van der Waals surface area contributed by atoms with Gasteiger partial charge in [-0.05, 0) is 59.7 Å². The smallest absolute Gasteiger partial charge is 0.338 e. The van der Waals surface area contributed by atoms with Crippen molar-refractivity contribution in [2.75, 3.05) is 26.4 Å². The van der Waals surface area contributed by atoms with Crippen molar-refractivity contribution in [3.05, 3.63) is 144 Å². The van der Waals surface area contributed by atoms with E-state index in [-0.39, 0.29) is 38.4 Å². The molecular weight excluding hydrogens is 600 g/mol. The van der Waals surface area contributed by atoms with Crippen LogP contribution in [-0.4, -0.2) is 38.4 Å². The second-order valence-electron chi connectivity index (χ2n) is 11.8. The molecule has 0 unspecified atom stereocenters. The van der Waals surface area contributed by atoms with Gasteiger partial charge in [0.25, 0.3) is 0 Å². The fourth-order valence-corrected chi connectivity index (χ4v) is 6.21. The Morgan fingerprint density at radius 1 is 0.438 bits per heavy atom. The van der Waals surface area contributed by atoms with E-state index in [9.17, 15) is 9.59 Å². The molecule has 0 spiro atoms. The van der Waals surface area contributed by atoms with Crippen molar-refractivity contribution >= 4 is 55.0 Å². The first-order chi connectivity index (χ1) is 23.5. The van der Waals surface area contributed by atoms with Crippen LogP contribution in [0.3, 0.4) is 0 Å². The molecule has 0 aliphatic heterocycles. The highest BCUT2D eigenvalue weighted by atomic mass is 16.6. The van der Waals surface area contributed by atoms with Crippen LogP contribution >= 0.6 is 0 Å². The number of ether oxygens (including phenoxy) is 4. The van der Waals surface area contributed by atoms with Crippen LogP contribution in [0, 0.1) is 13.8 Å². The molecule has 6 nitrogen and oxygen atoms in total. The molecule has 0 bridgehead atoms. The van der Waals surface area contributed by atoms with E-state index >= 15 is 0 Å². The number of hydrogen-bond donors (Lipinski definition) is 0. The van der Waals surface area contributed by atoms with Crippen LogP contribution in [0.1, 0.15) is 31.8 Å². The fraction of sp³-hybridized carbons (Fsp3) is 0.143. The minimum absolute atomic E-state index is 0.0863. The third-order valence-corrected chi connectivity index (χ3v) is 8.47. The molecule has 0 saturated carbocycles. The van der Waals surface area contributed by atoms with Gasteiger partial charge in [-0.1, -0.05) is 108 Å². The first-order valence-corrected chi connectivity index (χ1v) is 16.0. The molecular formula is C42H34O6. The van der Waals surface area contributed by atoms with E-state index in [0.717, 1.165) is 54.2 Å². The predicted octanol–water partition coefficient (Wildman–Crippen LogP) is 9.39. The van der Waals surface area contributed by atoms with Crippen molar-refractivity contribution in [3.8, 4) is 11.5 Å². The number of carbonyl (C=O) groups excluding carboxylic acids is 2. The van der Waals surface area contributed by atoms with E-state index in [1.807, 2.05) is 111 Å². The Bertz CT molecular complexity index is 2150. The van der Waals surface area contributed by atoms with E-state index < -0.39 is 0 Å². The van der Waals surface area contributed by atoms with Crippen LogP contribution in [0.4, 0.5) is 0 Å². The number of hydrogen-bond acceptors (Lipinski definition) is 6. The second-order valence-corrected chi connectivity index (χ2v) is 11.8. The van der Waals surface area contributed by atoms with Crippen LogP contribution in [0.5, 0.6) is 11.5 Å². The zero-order valence-electron chi connectivity index (χ0n) is 26.8. The summed E-state index contributed by atoms with van der Waals surface area (Å²) < 4.78 is 24.1. The number of benzene rings is 7. The molecule has 7 rings (SSSR count). The minimum atomic E-state index is -0.388. The summed E-state index contributed by atoms with van der Waals surface area (Å²) in [5.41, 5.74) is 3.19. The summed E-state index contributed by atoms with van der Waals surface area (Å²) in [6.07, 6.45) is 0. The second kappa shape index (κ2) is 13.5. The Kier molecular flexibility index (Phi) is 8.63. The predicted molar refractivity (Wildman–Crippen MR) is 190 cm³/mol. The number of carbonyl (C=O) groups is 2. The fourth-order valence-electron chi connectivity index (χ4n) is 6.21. The molecule has 0 saturated heterocycles. The molecule has 238 valence electrons. The Labute approximate surface area is 278 Å². The largest absolute Gasteiger partial charge is 0.489 e. The molecule has 0 N–H and O–H groups in total. The van der Waals surface area contributed by atoms with Crippen LogP contribution in [0.15, 0.2) is 121 Å². The molecule has 0 radical (unpaired) electrons. The van der Waals surface area contributed by atoms with Gasteiger partial charge in [-0.2, -0.15) is 0 Å². The lowest BCUT2D eigenvalue weighted by Crippen LogP contribution is -2.14. The maximum atomic E-state index is 13.0. The topological polar surface area (TPSA) is 71.1 Å². The highest BCUT2D eigenvalue weighted by Crippen LogP contribution is 2.43. The van der Waals surface area contributed by atoms with Gasteiger partial charge in [-0.15, -0.1) is 0 Å². The average molecular weight is 635 g/mol. The Hall–Kier alpha value is -5.88. The summed E-state index contributed by atoms with van der Waals surface area (Å²) in [7, 11) is 0. The molecule has 0 aromatic heterocycles. The van der Waals surface area contributed by atoms with Crippen molar-refractivity contribution in [2.45, 2.75) is 13.8 Å². The molecule has 48 heavy (non-hydrogen) atoms. The molecule has 0 amide bonds. The van der Waals surface area contributed by atoms with Gasteiger partial charge in [0, 0.05) is 21.5 Å². The standard InChI is InChI=1S/C42H34O6/c1-27-17-19-33-37(25-27)39(45-21-23-47-41(43)35-15-7-11-29-9-3-5-13-31(29)35)34-20-18-28(2)26-38(34)40(33)46-22-24-48-42(44)36-16-8-12-30-10-4-6-14-32(30)36/h3-20,25-26H,21-24H2,1-2H3. The van der Waals surface area contributed by atoms with Gasteiger partial charge in [0.15, 0.2) is 0 Å². The molecule has 7 aromatic rings. The van der Waals surface area contributed by atoms with Crippen LogP contribution in [0.2, 0.25) is 0 Å². The average Bonchev–Trinajstić information content (AvgIpc) is 3.11. The SMILES string of the molecule is Cc1ccc2c(OCCOC(=O)c3cccc4ccccc34)c3cc(C)ccc3c(OCCOC(=O)c3cccc4ccccc34)c2c1. The lowest BCUT2D eigenvalue weighted by atomic mass is 9.98. The van der Waals surface area contributed by atoms with Crippen molar-refractivity contribution < 1.29 is 28.5 Å². The summed E-state index contributed by atoms with van der Waals surface area (Å²) in [6, 6.07) is 39.0. The van der Waals surface area contributed by atoms with Gasteiger partial charge in [-0.25, -0.2) is 9.59 Å². The van der Waals surface area contributed by atoms with E-state index in [1.165, 1.54) is 0 Å². The normalized spacial score (nSPS) is 11.2. The third-order valence-electron chi connectivity index (χ3n) is 8.47. The summed E-state index contributed by atoms with van der Waals surface area (Å²) in [5, 5.41) is 7.20. The summed E-state index contributed by atoms with van der Waals surface area (Å²) in [6.45, 7) is 4.58. The first kappa shape index (κ1) is 30.8. The van der Waals surface area contributed by atoms with Crippen molar-refractivity contribution in [2.24, 2.45) is 0 Å². The van der Waals surface area contributed by atoms with Crippen LogP contribution in [-0.2, 0) is 9.47 Å². The lowest BCUT2D eigenvalue weighted by molar-refractivity contribution is 0.0445. The Balaban J connectivity index is 1.10. The molecule has 0 fully saturated rings. The maximum absolute atomic E-state index is 13.0. The van der Waals surface area contributed by atoms with E-state index in [2.05, 4.69) is 12.1 Å². The molecule has 0 heterocycles. The Morgan fingerprint density at radius 2 is 0.854 bits per heavy atom. The van der Waals surface area contributed by atoms with Crippen molar-refractivity contribution in [1.29, 1.82) is 0 Å². The summed E-state index contributed by atoms with van der Waals surface area (Å²) in [5.74, 6) is 0.613. The molecule has 6 heteroatoms. The maximum Gasteiger partial charge on any atom is 0.338 e. The van der Waals surface area contributed by atoms with Gasteiger partial charge in [0.1, 0.15) is 37.9 Å². The van der Waals surface area contributed by atoms with E-state index in [0.29, 0.717) is 22.6 Å². The first-order valence-electron chi connectivity index (χ1n) is 16.0. The van der Waals surface area contributed by atoms with E-state index in [1.54, 1.807) is 12.1 Å². The number of fused-ring (bicyclic) bond motifs is 4. The monoisotopic (exact) mass is 634 g/mol. The number of rotatable bonds is 10. The lowest BCUT2D eigenvalue weighted by Gasteiger charge is -2.19. The molecule has 0 atom stereocenters. The highest BCUT2D eigenvalue weighted by Gasteiger charge is 2.18. The summed E-state index contributed by atoms with van der Waals surface area (Å²) >= 11 is 0. The number of esters is 2. The van der Waals surface area contributed by atoms with Crippen molar-refractivity contribution in [1.82, 2.24) is 0 Å². The van der Waals surface area contributed by atoms with Gasteiger partial charge in [0.05, 0.1) is 11.1 Å². The van der Waals surface area contributed by atoms with Crippen LogP contribution in [0.25, 0.3) is 43.1 Å². The van der Waals surface area contributed by atoms with Crippen molar-refractivity contribution in [3.63, 3.8) is 0 Å². The van der Waals surface area contributed by atoms with E-state index in [4.69, 9.17) is 18.9 Å². The zero-order valence-corrected chi connectivity index (χ0v) is 26.8. The van der Waals surface area contributed by atoms with Gasteiger partial charge >= 0.3 is 11.9 Å². The molecule has 7 aromatic carbocycles. The minimum Gasteiger partial charge on any atom is -0.489 e. The third kappa shape index (κ3) is 6.13. The van der Waals surface area contributed by atoms with Gasteiger partial charge in [-0.3, -0.25) is 0 Å². The Morgan fingerprint density at radius 3 is 1.31 bits per heavy atom.